The highest BCUT2D eigenvalue weighted by atomic mass is 16.5. The fourth-order valence-electron chi connectivity index (χ4n) is 1.35. The molecular formula is C13H19NO2. The van der Waals surface area contributed by atoms with Gasteiger partial charge in [0.25, 0.3) is 0 Å². The van der Waals surface area contributed by atoms with Crippen LogP contribution in [0.15, 0.2) is 24.3 Å². The molecule has 0 fully saturated rings. The van der Waals surface area contributed by atoms with E-state index in [9.17, 15) is 4.79 Å². The maximum atomic E-state index is 11.8. The first kappa shape index (κ1) is 12.7. The number of carbonyl (C=O) groups excluding carboxylic acids is 1. The monoisotopic (exact) mass is 221 g/mol. The lowest BCUT2D eigenvalue weighted by Gasteiger charge is -2.13. The van der Waals surface area contributed by atoms with Crippen LogP contribution in [0, 0.1) is 0 Å². The SMILES string of the molecule is CCCOCC(=O)c1cccc(N(C)C)c1. The smallest absolute Gasteiger partial charge is 0.188 e. The van der Waals surface area contributed by atoms with Gasteiger partial charge in [-0.05, 0) is 18.6 Å². The average molecular weight is 221 g/mol. The minimum atomic E-state index is 0.0390. The number of ketones is 1. The van der Waals surface area contributed by atoms with Crippen molar-refractivity contribution in [1.29, 1.82) is 0 Å². The molecule has 1 aromatic carbocycles. The van der Waals surface area contributed by atoms with Gasteiger partial charge in [-0.3, -0.25) is 4.79 Å². The second kappa shape index (κ2) is 6.28. The number of Topliss-reactive ketones (excluding diaryl/α,β-unsaturated/α-hetero) is 1. The van der Waals surface area contributed by atoms with Crippen LogP contribution in [0.25, 0.3) is 0 Å². The summed E-state index contributed by atoms with van der Waals surface area (Å²) in [6.45, 7) is 2.83. The Kier molecular flexibility index (Phi) is 4.99. The standard InChI is InChI=1S/C13H19NO2/c1-4-8-16-10-13(15)11-6-5-7-12(9-11)14(2)3/h5-7,9H,4,8,10H2,1-3H3. The maximum Gasteiger partial charge on any atom is 0.188 e. The fourth-order valence-corrected chi connectivity index (χ4v) is 1.35. The van der Waals surface area contributed by atoms with Crippen LogP contribution in [0.3, 0.4) is 0 Å². The highest BCUT2D eigenvalue weighted by Gasteiger charge is 2.06. The number of carbonyl (C=O) groups is 1. The van der Waals surface area contributed by atoms with Gasteiger partial charge in [-0.25, -0.2) is 0 Å². The lowest BCUT2D eigenvalue weighted by atomic mass is 10.1. The molecule has 0 saturated heterocycles. The first-order valence-electron chi connectivity index (χ1n) is 5.53. The Bertz CT molecular complexity index is 348. The molecule has 0 aliphatic carbocycles. The van der Waals surface area contributed by atoms with Crippen LogP contribution in [-0.2, 0) is 4.74 Å². The Balaban J connectivity index is 2.64. The molecule has 0 atom stereocenters. The third kappa shape index (κ3) is 3.66. The molecule has 1 aromatic rings. The third-order valence-electron chi connectivity index (χ3n) is 2.27. The summed E-state index contributed by atoms with van der Waals surface area (Å²) >= 11 is 0. The second-order valence-electron chi connectivity index (χ2n) is 3.92. The van der Waals surface area contributed by atoms with Crippen LogP contribution in [-0.4, -0.2) is 33.1 Å². The van der Waals surface area contributed by atoms with Crippen molar-refractivity contribution in [2.45, 2.75) is 13.3 Å². The van der Waals surface area contributed by atoms with E-state index in [1.807, 2.05) is 50.2 Å². The minimum Gasteiger partial charge on any atom is -0.378 e. The van der Waals surface area contributed by atoms with Crippen LogP contribution < -0.4 is 4.90 Å². The van der Waals surface area contributed by atoms with E-state index in [4.69, 9.17) is 4.74 Å². The first-order chi connectivity index (χ1) is 7.65. The van der Waals surface area contributed by atoms with Gasteiger partial charge in [-0.2, -0.15) is 0 Å². The lowest BCUT2D eigenvalue weighted by Crippen LogP contribution is -2.12. The molecule has 0 aliphatic rings. The molecule has 0 aromatic heterocycles. The highest BCUT2D eigenvalue weighted by Crippen LogP contribution is 2.13. The Labute approximate surface area is 97.0 Å². The Hall–Kier alpha value is -1.35. The Morgan fingerprint density at radius 3 is 2.75 bits per heavy atom. The summed E-state index contributed by atoms with van der Waals surface area (Å²) < 4.78 is 5.24. The molecule has 0 radical (unpaired) electrons. The summed E-state index contributed by atoms with van der Waals surface area (Å²) in [6.07, 6.45) is 0.936. The van der Waals surface area contributed by atoms with E-state index in [-0.39, 0.29) is 12.4 Å². The van der Waals surface area contributed by atoms with Gasteiger partial charge < -0.3 is 9.64 Å². The van der Waals surface area contributed by atoms with Crippen molar-refractivity contribution >= 4 is 11.5 Å². The van der Waals surface area contributed by atoms with Crippen LogP contribution >= 0.6 is 0 Å². The summed E-state index contributed by atoms with van der Waals surface area (Å²) in [5, 5.41) is 0. The molecule has 3 heteroatoms. The molecule has 16 heavy (non-hydrogen) atoms. The zero-order chi connectivity index (χ0) is 12.0. The van der Waals surface area contributed by atoms with Crippen molar-refractivity contribution in [3.8, 4) is 0 Å². The van der Waals surface area contributed by atoms with E-state index in [1.54, 1.807) is 0 Å². The maximum absolute atomic E-state index is 11.8. The van der Waals surface area contributed by atoms with Gasteiger partial charge in [-0.15, -0.1) is 0 Å². The molecule has 0 saturated carbocycles. The van der Waals surface area contributed by atoms with E-state index in [0.717, 1.165) is 12.1 Å². The highest BCUT2D eigenvalue weighted by molar-refractivity contribution is 5.97. The fraction of sp³-hybridized carbons (Fsp3) is 0.462. The van der Waals surface area contributed by atoms with Crippen molar-refractivity contribution in [1.82, 2.24) is 0 Å². The molecular weight excluding hydrogens is 202 g/mol. The normalized spacial score (nSPS) is 10.2. The van der Waals surface area contributed by atoms with Gasteiger partial charge in [0.1, 0.15) is 6.61 Å². The van der Waals surface area contributed by atoms with E-state index in [1.165, 1.54) is 0 Å². The minimum absolute atomic E-state index is 0.0390. The lowest BCUT2D eigenvalue weighted by molar-refractivity contribution is 0.0761. The predicted molar refractivity (Wildman–Crippen MR) is 66.2 cm³/mol. The van der Waals surface area contributed by atoms with E-state index in [2.05, 4.69) is 0 Å². The Morgan fingerprint density at radius 1 is 1.38 bits per heavy atom. The van der Waals surface area contributed by atoms with Gasteiger partial charge >= 0.3 is 0 Å². The predicted octanol–water partition coefficient (Wildman–Crippen LogP) is 2.36. The summed E-state index contributed by atoms with van der Waals surface area (Å²) in [5.41, 5.74) is 1.74. The zero-order valence-corrected chi connectivity index (χ0v) is 10.2. The quantitative estimate of drug-likeness (QED) is 0.545. The largest absolute Gasteiger partial charge is 0.378 e. The topological polar surface area (TPSA) is 29.5 Å². The van der Waals surface area contributed by atoms with Gasteiger partial charge in [0.2, 0.25) is 0 Å². The summed E-state index contributed by atoms with van der Waals surface area (Å²) in [5.74, 6) is 0.0390. The number of hydrogen-bond acceptors (Lipinski definition) is 3. The molecule has 0 amide bonds. The second-order valence-corrected chi connectivity index (χ2v) is 3.92. The summed E-state index contributed by atoms with van der Waals surface area (Å²) in [4.78, 5) is 13.7. The third-order valence-corrected chi connectivity index (χ3v) is 2.27. The summed E-state index contributed by atoms with van der Waals surface area (Å²) in [6, 6.07) is 7.58. The molecule has 3 nitrogen and oxygen atoms in total. The van der Waals surface area contributed by atoms with Crippen LogP contribution in [0.1, 0.15) is 23.7 Å². The van der Waals surface area contributed by atoms with Crippen LogP contribution in [0.4, 0.5) is 5.69 Å². The first-order valence-corrected chi connectivity index (χ1v) is 5.53. The van der Waals surface area contributed by atoms with Crippen molar-refractivity contribution < 1.29 is 9.53 Å². The molecule has 0 N–H and O–H groups in total. The van der Waals surface area contributed by atoms with Crippen molar-refractivity contribution in [3.63, 3.8) is 0 Å². The number of benzene rings is 1. The van der Waals surface area contributed by atoms with Gasteiger partial charge in [0, 0.05) is 32.0 Å². The van der Waals surface area contributed by atoms with Gasteiger partial charge in [0.15, 0.2) is 5.78 Å². The molecule has 0 unspecified atom stereocenters. The number of nitrogens with zero attached hydrogens (tertiary/aromatic N) is 1. The molecule has 0 spiro atoms. The average Bonchev–Trinajstić information content (AvgIpc) is 2.29. The summed E-state index contributed by atoms with van der Waals surface area (Å²) in [7, 11) is 3.91. The number of hydrogen-bond donors (Lipinski definition) is 0. The zero-order valence-electron chi connectivity index (χ0n) is 10.2. The molecule has 88 valence electrons. The van der Waals surface area contributed by atoms with Crippen molar-refractivity contribution in [2.75, 3.05) is 32.2 Å². The van der Waals surface area contributed by atoms with Crippen molar-refractivity contribution in [2.24, 2.45) is 0 Å². The van der Waals surface area contributed by atoms with Gasteiger partial charge in [-0.1, -0.05) is 19.1 Å². The number of ether oxygens (including phenoxy) is 1. The van der Waals surface area contributed by atoms with Gasteiger partial charge in [0.05, 0.1) is 0 Å². The van der Waals surface area contributed by atoms with Crippen molar-refractivity contribution in [3.05, 3.63) is 29.8 Å². The van der Waals surface area contributed by atoms with Crippen LogP contribution in [0.2, 0.25) is 0 Å². The molecule has 0 heterocycles. The molecule has 0 bridgehead atoms. The molecule has 0 aliphatic heterocycles. The van der Waals surface area contributed by atoms with Crippen LogP contribution in [0.5, 0.6) is 0 Å². The Morgan fingerprint density at radius 2 is 2.12 bits per heavy atom. The molecule has 1 rings (SSSR count). The number of anilines is 1. The van der Waals surface area contributed by atoms with E-state index in [0.29, 0.717) is 12.2 Å². The van der Waals surface area contributed by atoms with E-state index < -0.39 is 0 Å². The number of rotatable bonds is 6. The van der Waals surface area contributed by atoms with E-state index >= 15 is 0 Å².